The molecule has 2 nitrogen and oxygen atoms in total. The Kier molecular flexibility index (Phi) is 7.71. The second kappa shape index (κ2) is 8.51. The Balaban J connectivity index is 2.43. The van der Waals surface area contributed by atoms with Crippen molar-refractivity contribution in [3.63, 3.8) is 0 Å². The van der Waals surface area contributed by atoms with Crippen LogP contribution in [0.25, 0.3) is 0 Å². The Morgan fingerprint density at radius 2 is 1.85 bits per heavy atom. The number of rotatable bonds is 9. The fourth-order valence-electron chi connectivity index (χ4n) is 1.58. The maximum Gasteiger partial charge on any atom is 0.276 e. The van der Waals surface area contributed by atoms with E-state index in [4.69, 9.17) is 8.92 Å². The number of hydrogen-bond donors (Lipinski definition) is 0. The average molecular weight is 416 g/mol. The van der Waals surface area contributed by atoms with Crippen molar-refractivity contribution >= 4 is 30.4 Å². The van der Waals surface area contributed by atoms with Crippen LogP contribution in [0, 0.1) is 5.41 Å². The van der Waals surface area contributed by atoms with E-state index in [-0.39, 0.29) is 13.0 Å². The van der Waals surface area contributed by atoms with E-state index in [2.05, 4.69) is 0 Å². The molecule has 6 heteroatoms. The van der Waals surface area contributed by atoms with Crippen LogP contribution in [0.15, 0.2) is 30.3 Å². The van der Waals surface area contributed by atoms with Crippen molar-refractivity contribution in [1.29, 1.82) is 0 Å². The zero-order valence-corrected chi connectivity index (χ0v) is 14.5. The van der Waals surface area contributed by atoms with E-state index in [0.717, 1.165) is 14.8 Å². The molecule has 0 bridgehead atoms. The Hall–Kier alpha value is 0.0800. The van der Waals surface area contributed by atoms with Crippen molar-refractivity contribution in [2.45, 2.75) is 32.8 Å². The summed E-state index contributed by atoms with van der Waals surface area (Å²) in [5.74, 6) is -2.89. The van der Waals surface area contributed by atoms with Crippen molar-refractivity contribution in [3.05, 3.63) is 35.9 Å². The van der Waals surface area contributed by atoms with Crippen LogP contribution < -0.4 is 0 Å². The summed E-state index contributed by atoms with van der Waals surface area (Å²) in [6.07, 6.45) is 0.282. The van der Waals surface area contributed by atoms with Gasteiger partial charge in [0.25, 0.3) is 5.92 Å². The normalized spacial score (nSPS) is 12.7. The van der Waals surface area contributed by atoms with Crippen LogP contribution in [0.3, 0.4) is 0 Å². The summed E-state index contributed by atoms with van der Waals surface area (Å²) in [4.78, 5) is 0. The third-order valence-electron chi connectivity index (χ3n) is 3.24. The minimum Gasteiger partial charge on any atom is -0.371 e. The third-order valence-corrected chi connectivity index (χ3v) is 4.26. The molecule has 0 amide bonds. The van der Waals surface area contributed by atoms with Crippen LogP contribution in [0.4, 0.5) is 8.78 Å². The Bertz CT molecular complexity index is 388. The first-order valence-electron chi connectivity index (χ1n) is 6.29. The van der Waals surface area contributed by atoms with Crippen molar-refractivity contribution < 1.29 is 17.7 Å². The molecule has 0 unspecified atom stereocenters. The monoisotopic (exact) mass is 416 g/mol. The summed E-state index contributed by atoms with van der Waals surface area (Å²) in [5, 5.41) is 0. The molecule has 0 heterocycles. The molecular weight excluding hydrogens is 397 g/mol. The van der Waals surface area contributed by atoms with E-state index in [9.17, 15) is 8.78 Å². The van der Waals surface area contributed by atoms with Gasteiger partial charge in [-0.1, -0.05) is 44.2 Å². The number of hydrogen-bond acceptors (Lipinski definition) is 3. The average Bonchev–Trinajstić information content (AvgIpc) is 2.39. The predicted molar refractivity (Wildman–Crippen MR) is 87.0 cm³/mol. The lowest BCUT2D eigenvalue weighted by molar-refractivity contribution is -0.159. The maximum atomic E-state index is 14.1. The Morgan fingerprint density at radius 1 is 1.20 bits per heavy atom. The van der Waals surface area contributed by atoms with Crippen LogP contribution in [0.5, 0.6) is 0 Å². The molecule has 0 aliphatic rings. The van der Waals surface area contributed by atoms with Crippen LogP contribution in [-0.4, -0.2) is 19.1 Å². The molecule has 20 heavy (non-hydrogen) atoms. The molecular formula is C14H19F2IO2S. The van der Waals surface area contributed by atoms with Gasteiger partial charge in [-0.15, -0.1) is 0 Å². The van der Waals surface area contributed by atoms with Gasteiger partial charge in [-0.25, -0.2) is 8.78 Å². The zero-order valence-electron chi connectivity index (χ0n) is 11.6. The highest BCUT2D eigenvalue weighted by Crippen LogP contribution is 2.40. The highest BCUT2D eigenvalue weighted by atomic mass is 127. The van der Waals surface area contributed by atoms with Gasteiger partial charge in [0, 0.05) is 26.6 Å². The fourth-order valence-corrected chi connectivity index (χ4v) is 2.26. The molecule has 1 aromatic rings. The van der Waals surface area contributed by atoms with Gasteiger partial charge >= 0.3 is 0 Å². The van der Waals surface area contributed by atoms with Crippen LogP contribution >= 0.6 is 30.4 Å². The van der Waals surface area contributed by atoms with Crippen LogP contribution in [0.2, 0.25) is 0 Å². The molecule has 0 saturated heterocycles. The van der Waals surface area contributed by atoms with E-state index in [1.165, 1.54) is 0 Å². The van der Waals surface area contributed by atoms with Crippen LogP contribution in [0.1, 0.15) is 25.8 Å². The third kappa shape index (κ3) is 5.83. The summed E-state index contributed by atoms with van der Waals surface area (Å²) in [7, 11) is 1.16. The molecule has 0 spiro atoms. The number of benzene rings is 1. The second-order valence-electron chi connectivity index (χ2n) is 5.20. The van der Waals surface area contributed by atoms with Gasteiger partial charge in [-0.2, -0.15) is 0 Å². The lowest BCUT2D eigenvalue weighted by Crippen LogP contribution is -2.41. The molecule has 0 aliphatic heterocycles. The number of halogens is 3. The van der Waals surface area contributed by atoms with Crippen molar-refractivity contribution in [2.75, 3.05) is 13.2 Å². The lowest BCUT2D eigenvalue weighted by atomic mass is 9.83. The molecule has 0 atom stereocenters. The molecule has 0 fully saturated rings. The van der Waals surface area contributed by atoms with E-state index >= 15 is 0 Å². The largest absolute Gasteiger partial charge is 0.371 e. The van der Waals surface area contributed by atoms with Gasteiger partial charge in [-0.05, 0) is 12.0 Å². The first-order valence-corrected chi connectivity index (χ1v) is 9.57. The molecule has 114 valence electrons. The second-order valence-corrected chi connectivity index (χ2v) is 6.64. The molecule has 1 aromatic carbocycles. The van der Waals surface area contributed by atoms with Gasteiger partial charge in [0.1, 0.15) is 6.61 Å². The molecule has 0 aromatic heterocycles. The predicted octanol–water partition coefficient (Wildman–Crippen LogP) is 5.27. The Labute approximate surface area is 135 Å². The maximum absolute atomic E-state index is 14.1. The first kappa shape index (κ1) is 18.1. The van der Waals surface area contributed by atoms with Gasteiger partial charge in [-0.3, -0.25) is 0 Å². The standard InChI is InChI=1S/C14H19F2IO2S/c1-13(2,8-9-19-20-17)14(15,16)11-18-10-12-6-4-3-5-7-12/h3-7H,8-11H2,1-2H3. The van der Waals surface area contributed by atoms with Crippen molar-refractivity contribution in [2.24, 2.45) is 5.41 Å². The molecule has 0 saturated carbocycles. The summed E-state index contributed by atoms with van der Waals surface area (Å²) in [6.45, 7) is 3.01. The minimum atomic E-state index is -2.89. The highest BCUT2D eigenvalue weighted by molar-refractivity contribution is 14.2. The lowest BCUT2D eigenvalue weighted by Gasteiger charge is -2.33. The summed E-state index contributed by atoms with van der Waals surface area (Å²) >= 11 is 1.97. The minimum absolute atomic E-state index is 0.201. The highest BCUT2D eigenvalue weighted by Gasteiger charge is 2.46. The van der Waals surface area contributed by atoms with Crippen molar-refractivity contribution in [1.82, 2.24) is 0 Å². The van der Waals surface area contributed by atoms with E-state index in [1.54, 1.807) is 13.8 Å². The van der Waals surface area contributed by atoms with Gasteiger partial charge < -0.3 is 8.92 Å². The number of ether oxygens (including phenoxy) is 1. The zero-order chi connectivity index (χ0) is 15.1. The van der Waals surface area contributed by atoms with Gasteiger partial charge in [0.2, 0.25) is 0 Å². The van der Waals surface area contributed by atoms with E-state index < -0.39 is 17.9 Å². The molecule has 1 rings (SSSR count). The fraction of sp³-hybridized carbons (Fsp3) is 0.571. The first-order chi connectivity index (χ1) is 9.39. The summed E-state index contributed by atoms with van der Waals surface area (Å²) in [5.41, 5.74) is -0.262. The SMILES string of the molecule is CC(C)(CCOSI)C(F)(F)COCc1ccccc1. The van der Waals surface area contributed by atoms with Crippen molar-refractivity contribution in [3.8, 4) is 0 Å². The quantitative estimate of drug-likeness (QED) is 0.311. The van der Waals surface area contributed by atoms with Gasteiger partial charge in [0.05, 0.1) is 22.4 Å². The molecule has 0 aliphatic carbocycles. The Morgan fingerprint density at radius 3 is 2.45 bits per heavy atom. The van der Waals surface area contributed by atoms with E-state index in [1.807, 2.05) is 51.5 Å². The summed E-state index contributed by atoms with van der Waals surface area (Å²) in [6, 6.07) is 9.31. The smallest absolute Gasteiger partial charge is 0.276 e. The van der Waals surface area contributed by atoms with Gasteiger partial charge in [0.15, 0.2) is 0 Å². The molecule has 0 N–H and O–H groups in total. The molecule has 0 radical (unpaired) electrons. The topological polar surface area (TPSA) is 18.5 Å². The summed E-state index contributed by atoms with van der Waals surface area (Å²) < 4.78 is 38.5. The van der Waals surface area contributed by atoms with Crippen LogP contribution in [-0.2, 0) is 15.5 Å². The number of alkyl halides is 2. The van der Waals surface area contributed by atoms with E-state index in [0.29, 0.717) is 6.61 Å².